The van der Waals surface area contributed by atoms with Crippen molar-refractivity contribution in [3.63, 3.8) is 0 Å². The smallest absolute Gasteiger partial charge is 0.128 e. The molecule has 0 aliphatic rings. The SMILES string of the molecule is CCCNC(c1cc(C)cnc1N)C(CCC)OC. The molecule has 1 aromatic heterocycles. The maximum atomic E-state index is 6.04. The fourth-order valence-electron chi connectivity index (χ4n) is 2.30. The normalized spacial score (nSPS) is 14.3. The van der Waals surface area contributed by atoms with Crippen molar-refractivity contribution >= 4 is 5.82 Å². The summed E-state index contributed by atoms with van der Waals surface area (Å²) in [5.74, 6) is 0.595. The zero-order chi connectivity index (χ0) is 14.3. The average Bonchev–Trinajstić information content (AvgIpc) is 2.41. The minimum atomic E-state index is 0.109. The number of hydrogen-bond acceptors (Lipinski definition) is 4. The van der Waals surface area contributed by atoms with Crippen LogP contribution in [0.3, 0.4) is 0 Å². The molecule has 1 heterocycles. The molecule has 0 aliphatic carbocycles. The standard InChI is InChI=1S/C15H27N3O/c1-5-7-13(19-4)14(17-8-6-2)12-9-11(3)10-18-15(12)16/h9-10,13-14,17H,5-8H2,1-4H3,(H2,16,18). The quantitative estimate of drug-likeness (QED) is 0.759. The first-order valence-electron chi connectivity index (χ1n) is 7.12. The van der Waals surface area contributed by atoms with Gasteiger partial charge in [-0.3, -0.25) is 0 Å². The van der Waals surface area contributed by atoms with E-state index in [1.165, 1.54) is 0 Å². The largest absolute Gasteiger partial charge is 0.383 e. The summed E-state index contributed by atoms with van der Waals surface area (Å²) in [4.78, 5) is 4.27. The third kappa shape index (κ3) is 4.48. The molecule has 0 saturated heterocycles. The summed E-state index contributed by atoms with van der Waals surface area (Å²) in [5.41, 5.74) is 8.22. The van der Waals surface area contributed by atoms with E-state index in [0.29, 0.717) is 5.82 Å². The molecule has 0 bridgehead atoms. The molecule has 2 unspecified atom stereocenters. The van der Waals surface area contributed by atoms with Crippen LogP contribution in [0.25, 0.3) is 0 Å². The number of nitrogens with two attached hydrogens (primary N) is 1. The average molecular weight is 265 g/mol. The number of pyridine rings is 1. The molecule has 4 heteroatoms. The van der Waals surface area contributed by atoms with Crippen molar-refractivity contribution in [2.24, 2.45) is 0 Å². The van der Waals surface area contributed by atoms with Crippen LogP contribution in [-0.2, 0) is 4.74 Å². The minimum absolute atomic E-state index is 0.109. The molecule has 0 fully saturated rings. The molecule has 108 valence electrons. The van der Waals surface area contributed by atoms with Gasteiger partial charge in [-0.15, -0.1) is 0 Å². The van der Waals surface area contributed by atoms with Crippen LogP contribution in [0.2, 0.25) is 0 Å². The third-order valence-electron chi connectivity index (χ3n) is 3.28. The van der Waals surface area contributed by atoms with Crippen LogP contribution in [0.4, 0.5) is 5.82 Å². The zero-order valence-electron chi connectivity index (χ0n) is 12.6. The summed E-state index contributed by atoms with van der Waals surface area (Å²) >= 11 is 0. The maximum absolute atomic E-state index is 6.04. The predicted octanol–water partition coefficient (Wildman–Crippen LogP) is 2.83. The monoisotopic (exact) mass is 265 g/mol. The number of nitrogens with zero attached hydrogens (tertiary/aromatic N) is 1. The van der Waals surface area contributed by atoms with Gasteiger partial charge in [-0.2, -0.15) is 0 Å². The first kappa shape index (κ1) is 15.9. The Morgan fingerprint density at radius 3 is 2.68 bits per heavy atom. The summed E-state index contributed by atoms with van der Waals surface area (Å²) < 4.78 is 5.65. The number of aromatic nitrogens is 1. The van der Waals surface area contributed by atoms with Gasteiger partial charge in [0, 0.05) is 18.9 Å². The van der Waals surface area contributed by atoms with Crippen LogP contribution in [0.5, 0.6) is 0 Å². The van der Waals surface area contributed by atoms with Gasteiger partial charge in [0.25, 0.3) is 0 Å². The van der Waals surface area contributed by atoms with Crippen molar-refractivity contribution in [1.29, 1.82) is 0 Å². The number of nitrogens with one attached hydrogen (secondary N) is 1. The van der Waals surface area contributed by atoms with E-state index < -0.39 is 0 Å². The van der Waals surface area contributed by atoms with E-state index >= 15 is 0 Å². The summed E-state index contributed by atoms with van der Waals surface area (Å²) in [6, 6.07) is 2.22. The molecule has 3 N–H and O–H groups in total. The second kappa shape index (κ2) is 8.12. The molecule has 1 rings (SSSR count). The van der Waals surface area contributed by atoms with E-state index in [9.17, 15) is 0 Å². The van der Waals surface area contributed by atoms with Crippen LogP contribution in [-0.4, -0.2) is 24.7 Å². The molecule has 19 heavy (non-hydrogen) atoms. The highest BCUT2D eigenvalue weighted by Crippen LogP contribution is 2.26. The number of ether oxygens (including phenoxy) is 1. The number of anilines is 1. The highest BCUT2D eigenvalue weighted by molar-refractivity contribution is 5.43. The minimum Gasteiger partial charge on any atom is -0.383 e. The van der Waals surface area contributed by atoms with Gasteiger partial charge in [-0.05, 0) is 37.9 Å². The van der Waals surface area contributed by atoms with Crippen molar-refractivity contribution in [2.45, 2.75) is 52.2 Å². The summed E-state index contributed by atoms with van der Waals surface area (Å²) in [6.45, 7) is 7.31. The fraction of sp³-hybridized carbons (Fsp3) is 0.667. The van der Waals surface area contributed by atoms with Gasteiger partial charge < -0.3 is 15.8 Å². The van der Waals surface area contributed by atoms with Gasteiger partial charge in [0.1, 0.15) is 5.82 Å². The number of aryl methyl sites for hydroxylation is 1. The van der Waals surface area contributed by atoms with Gasteiger partial charge in [-0.1, -0.05) is 20.3 Å². The summed E-state index contributed by atoms with van der Waals surface area (Å²) in [6.07, 6.45) is 5.10. The lowest BCUT2D eigenvalue weighted by Gasteiger charge is -2.28. The number of hydrogen-bond donors (Lipinski definition) is 2. The van der Waals surface area contributed by atoms with Gasteiger partial charge in [-0.25, -0.2) is 4.98 Å². The lowest BCUT2D eigenvalue weighted by Crippen LogP contribution is -2.34. The highest BCUT2D eigenvalue weighted by atomic mass is 16.5. The van der Waals surface area contributed by atoms with E-state index in [0.717, 1.165) is 36.9 Å². The van der Waals surface area contributed by atoms with E-state index in [1.54, 1.807) is 13.3 Å². The molecule has 0 aliphatic heterocycles. The topological polar surface area (TPSA) is 60.2 Å². The van der Waals surface area contributed by atoms with E-state index in [1.807, 2.05) is 6.92 Å². The molecule has 0 aromatic carbocycles. The Morgan fingerprint density at radius 1 is 1.37 bits per heavy atom. The van der Waals surface area contributed by atoms with Crippen molar-refractivity contribution in [3.8, 4) is 0 Å². The molecule has 0 saturated carbocycles. The first-order valence-corrected chi connectivity index (χ1v) is 7.12. The van der Waals surface area contributed by atoms with Crippen LogP contribution in [0.15, 0.2) is 12.3 Å². The molecule has 2 atom stereocenters. The summed E-state index contributed by atoms with van der Waals surface area (Å²) in [7, 11) is 1.76. The Hall–Kier alpha value is -1.13. The molecule has 0 amide bonds. The van der Waals surface area contributed by atoms with E-state index in [4.69, 9.17) is 10.5 Å². The molecule has 4 nitrogen and oxygen atoms in total. The Balaban J connectivity index is 3.03. The molecule has 0 spiro atoms. The van der Waals surface area contributed by atoms with Crippen molar-refractivity contribution in [3.05, 3.63) is 23.4 Å². The number of methoxy groups -OCH3 is 1. The van der Waals surface area contributed by atoms with Crippen LogP contribution in [0.1, 0.15) is 50.3 Å². The number of nitrogen functional groups attached to an aromatic ring is 1. The lowest BCUT2D eigenvalue weighted by atomic mass is 9.97. The van der Waals surface area contributed by atoms with Crippen LogP contribution < -0.4 is 11.1 Å². The van der Waals surface area contributed by atoms with Gasteiger partial charge in [0.05, 0.1) is 12.1 Å². The van der Waals surface area contributed by atoms with Crippen molar-refractivity contribution in [1.82, 2.24) is 10.3 Å². The second-order valence-electron chi connectivity index (χ2n) is 4.98. The number of rotatable bonds is 8. The van der Waals surface area contributed by atoms with E-state index in [-0.39, 0.29) is 12.1 Å². The zero-order valence-corrected chi connectivity index (χ0v) is 12.6. The highest BCUT2D eigenvalue weighted by Gasteiger charge is 2.24. The van der Waals surface area contributed by atoms with Gasteiger partial charge in [0.15, 0.2) is 0 Å². The van der Waals surface area contributed by atoms with Gasteiger partial charge >= 0.3 is 0 Å². The Bertz CT molecular complexity index is 382. The Morgan fingerprint density at radius 2 is 2.11 bits per heavy atom. The Kier molecular flexibility index (Phi) is 6.81. The van der Waals surface area contributed by atoms with E-state index in [2.05, 4.69) is 30.2 Å². The predicted molar refractivity (Wildman–Crippen MR) is 80.1 cm³/mol. The molecular weight excluding hydrogens is 238 g/mol. The molecule has 0 radical (unpaired) electrons. The third-order valence-corrected chi connectivity index (χ3v) is 3.28. The second-order valence-corrected chi connectivity index (χ2v) is 4.98. The van der Waals surface area contributed by atoms with Crippen LogP contribution in [0, 0.1) is 6.92 Å². The van der Waals surface area contributed by atoms with Gasteiger partial charge in [0.2, 0.25) is 0 Å². The van der Waals surface area contributed by atoms with Crippen molar-refractivity contribution < 1.29 is 4.74 Å². The first-order chi connectivity index (χ1) is 9.13. The molecule has 1 aromatic rings. The molecular formula is C15H27N3O. The summed E-state index contributed by atoms with van der Waals surface area (Å²) in [5, 5.41) is 3.54. The van der Waals surface area contributed by atoms with Crippen molar-refractivity contribution in [2.75, 3.05) is 19.4 Å². The Labute approximate surface area is 116 Å². The lowest BCUT2D eigenvalue weighted by molar-refractivity contribution is 0.0607. The maximum Gasteiger partial charge on any atom is 0.128 e. The fourth-order valence-corrected chi connectivity index (χ4v) is 2.30. The van der Waals surface area contributed by atoms with Crippen LogP contribution >= 0.6 is 0 Å².